The zero-order valence-electron chi connectivity index (χ0n) is 11.4. The monoisotopic (exact) mass is 306 g/mol. The summed E-state index contributed by atoms with van der Waals surface area (Å²) in [6, 6.07) is 7.75. The van der Waals surface area contributed by atoms with E-state index in [9.17, 15) is 0 Å². The van der Waals surface area contributed by atoms with Crippen LogP contribution in [0.25, 0.3) is 0 Å². The van der Waals surface area contributed by atoms with Gasteiger partial charge in [-0.05, 0) is 37.6 Å². The predicted octanol–water partition coefficient (Wildman–Crippen LogP) is 4.10. The molecule has 0 amide bonds. The molecule has 0 aliphatic rings. The van der Waals surface area contributed by atoms with E-state index in [0.29, 0.717) is 18.1 Å². The van der Waals surface area contributed by atoms with Crippen LogP contribution in [0.4, 0.5) is 0 Å². The van der Waals surface area contributed by atoms with Crippen molar-refractivity contribution in [3.8, 4) is 11.8 Å². The average molecular weight is 307 g/mol. The smallest absolute Gasteiger partial charge is 0.122 e. The average Bonchev–Trinajstić information content (AvgIpc) is 2.73. The number of hydrogen-bond acceptors (Lipinski definition) is 4. The Morgan fingerprint density at radius 1 is 1.40 bits per heavy atom. The van der Waals surface area contributed by atoms with Crippen molar-refractivity contribution in [2.75, 3.05) is 6.61 Å². The van der Waals surface area contributed by atoms with Crippen molar-refractivity contribution >= 4 is 22.9 Å². The van der Waals surface area contributed by atoms with Crippen LogP contribution < -0.4 is 4.74 Å². The molecular weight excluding hydrogens is 292 g/mol. The van der Waals surface area contributed by atoms with Crippen molar-refractivity contribution in [2.45, 2.75) is 26.7 Å². The molecule has 20 heavy (non-hydrogen) atoms. The van der Waals surface area contributed by atoms with Crippen molar-refractivity contribution in [3.63, 3.8) is 0 Å². The van der Waals surface area contributed by atoms with Gasteiger partial charge in [-0.25, -0.2) is 4.98 Å². The molecule has 0 aliphatic carbocycles. The fourth-order valence-corrected chi connectivity index (χ4v) is 3.06. The molecule has 0 N–H and O–H groups in total. The van der Waals surface area contributed by atoms with Gasteiger partial charge < -0.3 is 4.74 Å². The quantitative estimate of drug-likeness (QED) is 0.835. The van der Waals surface area contributed by atoms with E-state index in [2.05, 4.69) is 11.1 Å². The molecule has 0 unspecified atom stereocenters. The number of benzene rings is 1. The second-order valence-corrected chi connectivity index (χ2v) is 6.06. The fraction of sp³-hybridized carbons (Fsp3) is 0.333. The summed E-state index contributed by atoms with van der Waals surface area (Å²) in [7, 11) is 0. The maximum absolute atomic E-state index is 8.72. The minimum absolute atomic E-state index is 0.431. The number of hydrogen-bond donors (Lipinski definition) is 0. The van der Waals surface area contributed by atoms with Gasteiger partial charge in [0.1, 0.15) is 5.75 Å². The Bertz CT molecular complexity index is 646. The Labute approximate surface area is 127 Å². The van der Waals surface area contributed by atoms with Gasteiger partial charge in [-0.3, -0.25) is 0 Å². The first-order chi connectivity index (χ1) is 9.60. The molecule has 0 spiro atoms. The van der Waals surface area contributed by atoms with Crippen LogP contribution in [0.15, 0.2) is 18.2 Å². The summed E-state index contributed by atoms with van der Waals surface area (Å²) in [6.07, 6.45) is 1.18. The second-order valence-electron chi connectivity index (χ2n) is 4.46. The number of rotatable bonds is 5. The molecule has 2 aromatic rings. The molecule has 1 aromatic carbocycles. The lowest BCUT2D eigenvalue weighted by atomic mass is 10.2. The van der Waals surface area contributed by atoms with Gasteiger partial charge in [-0.15, -0.1) is 11.3 Å². The molecule has 0 radical (unpaired) electrons. The third kappa shape index (κ3) is 3.72. The fourth-order valence-electron chi connectivity index (χ4n) is 1.85. The molecule has 0 saturated carbocycles. The Morgan fingerprint density at radius 2 is 2.20 bits per heavy atom. The van der Waals surface area contributed by atoms with Crippen LogP contribution in [0.2, 0.25) is 5.02 Å². The van der Waals surface area contributed by atoms with Crippen molar-refractivity contribution < 1.29 is 4.74 Å². The van der Waals surface area contributed by atoms with Crippen molar-refractivity contribution in [1.82, 2.24) is 4.98 Å². The molecule has 0 saturated heterocycles. The Kier molecular flexibility index (Phi) is 4.99. The van der Waals surface area contributed by atoms with E-state index < -0.39 is 0 Å². The van der Waals surface area contributed by atoms with Crippen LogP contribution in [0, 0.1) is 25.2 Å². The van der Waals surface area contributed by atoms with Gasteiger partial charge >= 0.3 is 0 Å². The number of ether oxygens (including phenoxy) is 1. The molecule has 1 heterocycles. The molecule has 104 valence electrons. The summed E-state index contributed by atoms with van der Waals surface area (Å²) < 4.78 is 5.75. The minimum Gasteiger partial charge on any atom is -0.493 e. The summed E-state index contributed by atoms with van der Waals surface area (Å²) in [6.45, 7) is 4.48. The molecule has 0 bridgehead atoms. The molecule has 0 fully saturated rings. The van der Waals surface area contributed by atoms with Gasteiger partial charge in [0.2, 0.25) is 0 Å². The molecule has 1 aromatic heterocycles. The summed E-state index contributed by atoms with van der Waals surface area (Å²) in [5, 5.41) is 10.5. The van der Waals surface area contributed by atoms with E-state index >= 15 is 0 Å². The third-order valence-corrected chi connectivity index (χ3v) is 4.34. The lowest BCUT2D eigenvalue weighted by Crippen LogP contribution is -2.02. The number of halogens is 1. The highest BCUT2D eigenvalue weighted by Gasteiger charge is 2.08. The van der Waals surface area contributed by atoms with E-state index in [1.54, 1.807) is 11.3 Å². The standard InChI is InChI=1S/C15H15ClN2OS/c1-10-9-12(16)3-4-13(10)19-8-6-15-18-11(2)14(20-15)5-7-17/h3-4,9H,5-6,8H2,1-2H3. The maximum Gasteiger partial charge on any atom is 0.122 e. The highest BCUT2D eigenvalue weighted by Crippen LogP contribution is 2.23. The SMILES string of the molecule is Cc1cc(Cl)ccc1OCCc1nc(C)c(CC#N)s1. The number of aromatic nitrogens is 1. The lowest BCUT2D eigenvalue weighted by molar-refractivity contribution is 0.319. The largest absolute Gasteiger partial charge is 0.493 e. The van der Waals surface area contributed by atoms with Gasteiger partial charge in [0, 0.05) is 16.3 Å². The first-order valence-corrected chi connectivity index (χ1v) is 7.50. The Morgan fingerprint density at radius 3 is 2.90 bits per heavy atom. The Balaban J connectivity index is 1.93. The van der Waals surface area contributed by atoms with E-state index in [1.807, 2.05) is 32.0 Å². The molecule has 5 heteroatoms. The van der Waals surface area contributed by atoms with Gasteiger partial charge in [0.05, 0.1) is 29.8 Å². The van der Waals surface area contributed by atoms with Crippen molar-refractivity contribution in [3.05, 3.63) is 44.4 Å². The van der Waals surface area contributed by atoms with Crippen molar-refractivity contribution in [2.24, 2.45) is 0 Å². The third-order valence-electron chi connectivity index (χ3n) is 2.89. The molecule has 2 rings (SSSR count). The highest BCUT2D eigenvalue weighted by atomic mass is 35.5. The van der Waals surface area contributed by atoms with E-state index in [-0.39, 0.29) is 0 Å². The van der Waals surface area contributed by atoms with Crippen LogP contribution in [0.3, 0.4) is 0 Å². The van der Waals surface area contributed by atoms with Crippen LogP contribution in [0.1, 0.15) is 21.1 Å². The van der Waals surface area contributed by atoms with E-state index in [4.69, 9.17) is 21.6 Å². The topological polar surface area (TPSA) is 45.9 Å². The number of aryl methyl sites for hydroxylation is 2. The molecule has 3 nitrogen and oxygen atoms in total. The summed E-state index contributed by atoms with van der Waals surface area (Å²) in [5.41, 5.74) is 1.98. The number of thiazole rings is 1. The first kappa shape index (κ1) is 14.8. The van der Waals surface area contributed by atoms with Gasteiger partial charge in [0.15, 0.2) is 0 Å². The van der Waals surface area contributed by atoms with Gasteiger partial charge in [-0.2, -0.15) is 5.26 Å². The zero-order chi connectivity index (χ0) is 14.5. The predicted molar refractivity (Wildman–Crippen MR) is 81.6 cm³/mol. The lowest BCUT2D eigenvalue weighted by Gasteiger charge is -2.08. The number of nitrogens with zero attached hydrogens (tertiary/aromatic N) is 2. The molecule has 0 atom stereocenters. The highest BCUT2D eigenvalue weighted by molar-refractivity contribution is 7.11. The summed E-state index contributed by atoms with van der Waals surface area (Å²) >= 11 is 7.50. The summed E-state index contributed by atoms with van der Waals surface area (Å²) in [4.78, 5) is 5.51. The van der Waals surface area contributed by atoms with Crippen LogP contribution in [-0.2, 0) is 12.8 Å². The maximum atomic E-state index is 8.72. The van der Waals surface area contributed by atoms with Crippen LogP contribution in [0.5, 0.6) is 5.75 Å². The van der Waals surface area contributed by atoms with Gasteiger partial charge in [-0.1, -0.05) is 11.6 Å². The van der Waals surface area contributed by atoms with E-state index in [1.165, 1.54) is 0 Å². The number of nitriles is 1. The molecule has 0 aliphatic heterocycles. The van der Waals surface area contributed by atoms with E-state index in [0.717, 1.165) is 33.3 Å². The first-order valence-electron chi connectivity index (χ1n) is 6.31. The zero-order valence-corrected chi connectivity index (χ0v) is 13.0. The van der Waals surface area contributed by atoms with Crippen LogP contribution in [-0.4, -0.2) is 11.6 Å². The minimum atomic E-state index is 0.431. The summed E-state index contributed by atoms with van der Waals surface area (Å²) in [5.74, 6) is 0.847. The van der Waals surface area contributed by atoms with Gasteiger partial charge in [0.25, 0.3) is 0 Å². The normalized spacial score (nSPS) is 10.3. The molecular formula is C15H15ClN2OS. The Hall–Kier alpha value is -1.57. The van der Waals surface area contributed by atoms with Crippen LogP contribution >= 0.6 is 22.9 Å². The second kappa shape index (κ2) is 6.74. The van der Waals surface area contributed by atoms with Crippen molar-refractivity contribution in [1.29, 1.82) is 5.26 Å².